The van der Waals surface area contributed by atoms with Gasteiger partial charge in [-0.1, -0.05) is 18.2 Å². The van der Waals surface area contributed by atoms with Crippen molar-refractivity contribution in [2.75, 3.05) is 26.1 Å². The topological polar surface area (TPSA) is 71.1 Å². The Bertz CT molecular complexity index is 1150. The Morgan fingerprint density at radius 2 is 1.83 bits per heavy atom. The molecule has 1 heterocycles. The second-order valence-corrected chi connectivity index (χ2v) is 9.34. The fourth-order valence-corrected chi connectivity index (χ4v) is 4.44. The molecule has 0 atom stereocenters. The number of urea groups is 1. The molecule has 0 aliphatic heterocycles. The molecule has 1 aliphatic carbocycles. The molecule has 2 aromatic carbocycles. The molecule has 3 aromatic rings. The van der Waals surface area contributed by atoms with Crippen LogP contribution in [0.1, 0.15) is 23.3 Å². The lowest BCUT2D eigenvalue weighted by molar-refractivity contribution is -0.133. The number of benzene rings is 2. The van der Waals surface area contributed by atoms with E-state index < -0.39 is 0 Å². The number of amides is 3. The Kier molecular flexibility index (Phi) is 7.87. The number of hydrogen-bond donors (Lipinski definition) is 1. The Labute approximate surface area is 208 Å². The maximum Gasteiger partial charge on any atom is 0.322 e. The van der Waals surface area contributed by atoms with Gasteiger partial charge in [0.05, 0.1) is 26.5 Å². The molecule has 0 spiro atoms. The lowest BCUT2D eigenvalue weighted by Gasteiger charge is -2.28. The van der Waals surface area contributed by atoms with Crippen LogP contribution >= 0.6 is 11.3 Å². The van der Waals surface area contributed by atoms with E-state index in [1.165, 1.54) is 19.2 Å². The van der Waals surface area contributed by atoms with Crippen molar-refractivity contribution in [1.82, 2.24) is 9.80 Å². The number of methoxy groups -OCH3 is 2. The average Bonchev–Trinajstić information content (AvgIpc) is 3.58. The van der Waals surface area contributed by atoms with Crippen molar-refractivity contribution in [3.63, 3.8) is 0 Å². The number of rotatable bonds is 10. The Hall–Kier alpha value is -3.59. The minimum atomic E-state index is -0.359. The second kappa shape index (κ2) is 11.2. The van der Waals surface area contributed by atoms with Crippen LogP contribution in [-0.4, -0.2) is 48.5 Å². The van der Waals surface area contributed by atoms with E-state index in [9.17, 15) is 14.0 Å². The van der Waals surface area contributed by atoms with Crippen molar-refractivity contribution in [3.8, 4) is 11.5 Å². The number of nitrogens with zero attached hydrogens (tertiary/aromatic N) is 2. The molecular formula is C26H28FN3O4S. The smallest absolute Gasteiger partial charge is 0.322 e. The van der Waals surface area contributed by atoms with Gasteiger partial charge in [0.25, 0.3) is 0 Å². The molecular weight excluding hydrogens is 469 g/mol. The van der Waals surface area contributed by atoms with Gasteiger partial charge in [-0.05, 0) is 54.1 Å². The SMILES string of the molecule is COc1ccc(NC(=O)N(CC(=O)N(Cc2ccc(F)cc2)Cc2cccs2)C2CC2)c(OC)c1. The highest BCUT2D eigenvalue weighted by atomic mass is 32.1. The third-order valence-corrected chi connectivity index (χ3v) is 6.63. The van der Waals surface area contributed by atoms with Gasteiger partial charge in [-0.15, -0.1) is 11.3 Å². The highest BCUT2D eigenvalue weighted by Crippen LogP contribution is 2.31. The van der Waals surface area contributed by atoms with E-state index in [0.717, 1.165) is 23.3 Å². The fourth-order valence-electron chi connectivity index (χ4n) is 3.72. The number of ether oxygens (including phenoxy) is 2. The van der Waals surface area contributed by atoms with Crippen molar-refractivity contribution >= 4 is 29.0 Å². The van der Waals surface area contributed by atoms with Crippen molar-refractivity contribution in [2.24, 2.45) is 0 Å². The largest absolute Gasteiger partial charge is 0.497 e. The molecule has 0 radical (unpaired) electrons. The first kappa shape index (κ1) is 24.5. The summed E-state index contributed by atoms with van der Waals surface area (Å²) in [6.45, 7) is 0.686. The maximum atomic E-state index is 13.4. The van der Waals surface area contributed by atoms with Gasteiger partial charge in [0.15, 0.2) is 0 Å². The first-order valence-electron chi connectivity index (χ1n) is 11.3. The summed E-state index contributed by atoms with van der Waals surface area (Å²) < 4.78 is 24.0. The van der Waals surface area contributed by atoms with Gasteiger partial charge in [0.1, 0.15) is 23.9 Å². The van der Waals surface area contributed by atoms with Crippen LogP contribution in [0.5, 0.6) is 11.5 Å². The third kappa shape index (κ3) is 6.51. The lowest BCUT2D eigenvalue weighted by Crippen LogP contribution is -2.45. The highest BCUT2D eigenvalue weighted by Gasteiger charge is 2.35. The summed E-state index contributed by atoms with van der Waals surface area (Å²) in [7, 11) is 3.08. The first-order chi connectivity index (χ1) is 17.0. The molecule has 9 heteroatoms. The van der Waals surface area contributed by atoms with E-state index in [-0.39, 0.29) is 30.3 Å². The minimum absolute atomic E-state index is 0.0117. The predicted molar refractivity (Wildman–Crippen MR) is 133 cm³/mol. The fraction of sp³-hybridized carbons (Fsp3) is 0.308. The zero-order chi connectivity index (χ0) is 24.8. The van der Waals surface area contributed by atoms with Crippen LogP contribution in [0.25, 0.3) is 0 Å². The summed E-state index contributed by atoms with van der Waals surface area (Å²) in [5.41, 5.74) is 1.32. The summed E-state index contributed by atoms with van der Waals surface area (Å²) in [6, 6.07) is 14.8. The van der Waals surface area contributed by atoms with Gasteiger partial charge in [-0.25, -0.2) is 9.18 Å². The maximum absolute atomic E-state index is 13.4. The van der Waals surface area contributed by atoms with Crippen molar-refractivity contribution in [2.45, 2.75) is 32.0 Å². The predicted octanol–water partition coefficient (Wildman–Crippen LogP) is 5.13. The number of hydrogen-bond acceptors (Lipinski definition) is 5. The van der Waals surface area contributed by atoms with E-state index in [0.29, 0.717) is 30.3 Å². The molecule has 0 saturated heterocycles. The normalized spacial score (nSPS) is 12.7. The van der Waals surface area contributed by atoms with Crippen LogP contribution in [0, 0.1) is 5.82 Å². The molecule has 184 valence electrons. The van der Waals surface area contributed by atoms with Gasteiger partial charge in [0.2, 0.25) is 5.91 Å². The van der Waals surface area contributed by atoms with Crippen LogP contribution < -0.4 is 14.8 Å². The van der Waals surface area contributed by atoms with E-state index in [1.54, 1.807) is 58.6 Å². The van der Waals surface area contributed by atoms with Gasteiger partial charge in [0, 0.05) is 23.5 Å². The van der Waals surface area contributed by atoms with Crippen LogP contribution in [0.2, 0.25) is 0 Å². The second-order valence-electron chi connectivity index (χ2n) is 8.31. The first-order valence-corrected chi connectivity index (χ1v) is 12.2. The van der Waals surface area contributed by atoms with Crippen molar-refractivity contribution < 1.29 is 23.5 Å². The molecule has 0 unspecified atom stereocenters. The van der Waals surface area contributed by atoms with E-state index >= 15 is 0 Å². The number of carbonyl (C=O) groups excluding carboxylic acids is 2. The zero-order valence-electron chi connectivity index (χ0n) is 19.7. The van der Waals surface area contributed by atoms with Crippen LogP contribution in [-0.2, 0) is 17.9 Å². The molecule has 1 fully saturated rings. The Morgan fingerprint density at radius 3 is 2.46 bits per heavy atom. The van der Waals surface area contributed by atoms with Crippen molar-refractivity contribution in [1.29, 1.82) is 0 Å². The van der Waals surface area contributed by atoms with Crippen LogP contribution in [0.4, 0.5) is 14.9 Å². The quantitative estimate of drug-likeness (QED) is 0.422. The summed E-state index contributed by atoms with van der Waals surface area (Å²) in [5.74, 6) is 0.580. The summed E-state index contributed by atoms with van der Waals surface area (Å²) >= 11 is 1.56. The Balaban J connectivity index is 1.49. The number of halogens is 1. The number of anilines is 1. The average molecular weight is 498 g/mol. The summed E-state index contributed by atoms with van der Waals surface area (Å²) in [5, 5.41) is 4.84. The molecule has 1 saturated carbocycles. The molecule has 3 amide bonds. The van der Waals surface area contributed by atoms with Gasteiger partial charge < -0.3 is 24.6 Å². The van der Waals surface area contributed by atoms with Crippen LogP contribution in [0.3, 0.4) is 0 Å². The molecule has 35 heavy (non-hydrogen) atoms. The van der Waals surface area contributed by atoms with Crippen LogP contribution in [0.15, 0.2) is 60.0 Å². The molecule has 4 rings (SSSR count). The van der Waals surface area contributed by atoms with Gasteiger partial charge in [-0.2, -0.15) is 0 Å². The minimum Gasteiger partial charge on any atom is -0.497 e. The third-order valence-electron chi connectivity index (χ3n) is 5.77. The monoisotopic (exact) mass is 497 g/mol. The summed E-state index contributed by atoms with van der Waals surface area (Å²) in [4.78, 5) is 31.0. The van der Waals surface area contributed by atoms with Gasteiger partial charge in [-0.3, -0.25) is 4.79 Å². The zero-order valence-corrected chi connectivity index (χ0v) is 20.5. The molecule has 1 aromatic heterocycles. The molecule has 1 N–H and O–H groups in total. The highest BCUT2D eigenvalue weighted by molar-refractivity contribution is 7.09. The molecule has 1 aliphatic rings. The number of nitrogens with one attached hydrogen (secondary N) is 1. The standard InChI is InChI=1S/C26H28FN3O4S/c1-33-21-11-12-23(24(14-21)34-2)28-26(32)30(20-9-10-20)17-25(31)29(16-22-4-3-13-35-22)15-18-5-7-19(27)8-6-18/h3-8,11-14,20H,9-10,15-17H2,1-2H3,(H,28,32). The molecule has 0 bridgehead atoms. The Morgan fingerprint density at radius 1 is 1.06 bits per heavy atom. The van der Waals surface area contributed by atoms with E-state index in [2.05, 4.69) is 5.32 Å². The van der Waals surface area contributed by atoms with E-state index in [4.69, 9.17) is 9.47 Å². The summed E-state index contributed by atoms with van der Waals surface area (Å²) in [6.07, 6.45) is 1.70. The van der Waals surface area contributed by atoms with Crippen molar-refractivity contribution in [3.05, 3.63) is 76.2 Å². The lowest BCUT2D eigenvalue weighted by atomic mass is 10.2. The number of carbonyl (C=O) groups is 2. The molecule has 7 nitrogen and oxygen atoms in total. The van der Waals surface area contributed by atoms with E-state index in [1.807, 2.05) is 17.5 Å². The number of thiophene rings is 1. The van der Waals surface area contributed by atoms with Gasteiger partial charge >= 0.3 is 6.03 Å².